The number of hydrogen-bond acceptors (Lipinski definition) is 2. The average Bonchev–Trinajstić information content (AvgIpc) is 2.62. The first-order valence-corrected chi connectivity index (χ1v) is 7.75. The number of benzene rings is 2. The van der Waals surface area contributed by atoms with Gasteiger partial charge in [0, 0.05) is 12.1 Å². The largest absolute Gasteiger partial charge is 0.332 e. The van der Waals surface area contributed by atoms with E-state index in [0.717, 1.165) is 24.8 Å². The lowest BCUT2D eigenvalue weighted by Crippen LogP contribution is -2.38. The standard InChI is InChI=1S/C19H17FN2O/c20-17-9-7-15(8-10-17)18-6-1-2-11-22(18)19(23)16-5-3-4-14(12-16)13-21/h3-5,7-10,12,18H,1-2,6,11H2. The van der Waals surface area contributed by atoms with Crippen molar-refractivity contribution in [2.45, 2.75) is 25.3 Å². The lowest BCUT2D eigenvalue weighted by Gasteiger charge is -2.36. The summed E-state index contributed by atoms with van der Waals surface area (Å²) in [7, 11) is 0. The molecule has 3 nitrogen and oxygen atoms in total. The van der Waals surface area contributed by atoms with Gasteiger partial charge in [0.25, 0.3) is 5.91 Å². The molecular weight excluding hydrogens is 291 g/mol. The Hall–Kier alpha value is -2.67. The van der Waals surface area contributed by atoms with Gasteiger partial charge in [-0.05, 0) is 55.2 Å². The molecule has 0 radical (unpaired) electrons. The Morgan fingerprint density at radius 3 is 2.70 bits per heavy atom. The maximum absolute atomic E-state index is 13.1. The van der Waals surface area contributed by atoms with E-state index < -0.39 is 0 Å². The Balaban J connectivity index is 1.90. The lowest BCUT2D eigenvalue weighted by molar-refractivity contribution is 0.0611. The molecule has 0 bridgehead atoms. The molecule has 1 aliphatic heterocycles. The number of carbonyl (C=O) groups excluding carboxylic acids is 1. The molecule has 116 valence electrons. The maximum Gasteiger partial charge on any atom is 0.254 e. The Labute approximate surface area is 135 Å². The van der Waals surface area contributed by atoms with Gasteiger partial charge in [-0.1, -0.05) is 18.2 Å². The number of carbonyl (C=O) groups is 1. The smallest absolute Gasteiger partial charge is 0.254 e. The Morgan fingerprint density at radius 2 is 1.96 bits per heavy atom. The van der Waals surface area contributed by atoms with Gasteiger partial charge in [-0.3, -0.25) is 4.79 Å². The zero-order valence-corrected chi connectivity index (χ0v) is 12.7. The van der Waals surface area contributed by atoms with E-state index in [1.54, 1.807) is 36.4 Å². The van der Waals surface area contributed by atoms with E-state index in [-0.39, 0.29) is 17.8 Å². The van der Waals surface area contributed by atoms with Gasteiger partial charge in [0.1, 0.15) is 5.82 Å². The summed E-state index contributed by atoms with van der Waals surface area (Å²) in [6, 6.07) is 15.2. The van der Waals surface area contributed by atoms with Crippen LogP contribution in [0.5, 0.6) is 0 Å². The van der Waals surface area contributed by atoms with Crippen molar-refractivity contribution in [1.29, 1.82) is 5.26 Å². The molecule has 0 aliphatic carbocycles. The Kier molecular flexibility index (Phi) is 4.38. The van der Waals surface area contributed by atoms with Crippen LogP contribution in [0.4, 0.5) is 4.39 Å². The second-order valence-electron chi connectivity index (χ2n) is 5.75. The first kappa shape index (κ1) is 15.2. The maximum atomic E-state index is 13.1. The van der Waals surface area contributed by atoms with Crippen LogP contribution in [0.3, 0.4) is 0 Å². The summed E-state index contributed by atoms with van der Waals surface area (Å²) in [6.45, 7) is 0.678. The Bertz CT molecular complexity index is 749. The highest BCUT2D eigenvalue weighted by Gasteiger charge is 2.28. The third-order valence-corrected chi connectivity index (χ3v) is 4.26. The highest BCUT2D eigenvalue weighted by molar-refractivity contribution is 5.95. The summed E-state index contributed by atoms with van der Waals surface area (Å²) in [5, 5.41) is 9.00. The third kappa shape index (κ3) is 3.24. The van der Waals surface area contributed by atoms with Gasteiger partial charge < -0.3 is 4.90 Å². The van der Waals surface area contributed by atoms with Gasteiger partial charge in [-0.25, -0.2) is 4.39 Å². The first-order valence-electron chi connectivity index (χ1n) is 7.75. The molecular formula is C19H17FN2O. The van der Waals surface area contributed by atoms with Gasteiger partial charge in [0.05, 0.1) is 17.7 Å². The normalized spacial score (nSPS) is 17.6. The molecule has 4 heteroatoms. The van der Waals surface area contributed by atoms with Crippen LogP contribution in [0.25, 0.3) is 0 Å². The molecule has 0 spiro atoms. The van der Waals surface area contributed by atoms with Gasteiger partial charge in [0.2, 0.25) is 0 Å². The van der Waals surface area contributed by atoms with Crippen molar-refractivity contribution in [1.82, 2.24) is 4.90 Å². The SMILES string of the molecule is N#Cc1cccc(C(=O)N2CCCCC2c2ccc(F)cc2)c1. The van der Waals surface area contributed by atoms with Gasteiger partial charge in [-0.2, -0.15) is 5.26 Å². The molecule has 3 rings (SSSR count). The summed E-state index contributed by atoms with van der Waals surface area (Å²) in [5.74, 6) is -0.347. The second kappa shape index (κ2) is 6.62. The summed E-state index contributed by atoms with van der Waals surface area (Å²) in [6.07, 6.45) is 2.88. The lowest BCUT2D eigenvalue weighted by atomic mass is 9.94. The predicted molar refractivity (Wildman–Crippen MR) is 85.2 cm³/mol. The summed E-state index contributed by atoms with van der Waals surface area (Å²) in [4.78, 5) is 14.7. The van der Waals surface area contributed by atoms with Crippen molar-refractivity contribution in [2.75, 3.05) is 6.54 Å². The minimum absolute atomic E-state index is 0.0393. The molecule has 1 aliphatic rings. The van der Waals surface area contributed by atoms with Crippen molar-refractivity contribution in [2.24, 2.45) is 0 Å². The van der Waals surface area contributed by atoms with E-state index in [2.05, 4.69) is 6.07 Å². The van der Waals surface area contributed by atoms with E-state index in [4.69, 9.17) is 5.26 Å². The van der Waals surface area contributed by atoms with Crippen molar-refractivity contribution in [3.8, 4) is 6.07 Å². The molecule has 23 heavy (non-hydrogen) atoms. The fourth-order valence-electron chi connectivity index (χ4n) is 3.09. The number of nitriles is 1. The van der Waals surface area contributed by atoms with E-state index in [0.29, 0.717) is 17.7 Å². The van der Waals surface area contributed by atoms with E-state index >= 15 is 0 Å². The van der Waals surface area contributed by atoms with Crippen LogP contribution in [-0.2, 0) is 0 Å². The molecule has 1 saturated heterocycles. The minimum atomic E-state index is -0.274. The van der Waals surface area contributed by atoms with Gasteiger partial charge in [0.15, 0.2) is 0 Å². The number of rotatable bonds is 2. The fourth-order valence-corrected chi connectivity index (χ4v) is 3.09. The third-order valence-electron chi connectivity index (χ3n) is 4.26. The number of likely N-dealkylation sites (tertiary alicyclic amines) is 1. The van der Waals surface area contributed by atoms with Crippen molar-refractivity contribution < 1.29 is 9.18 Å². The van der Waals surface area contributed by atoms with E-state index in [9.17, 15) is 9.18 Å². The predicted octanol–water partition coefficient (Wildman–Crippen LogP) is 4.06. The van der Waals surface area contributed by atoms with Crippen LogP contribution in [0.1, 0.15) is 46.8 Å². The molecule has 1 unspecified atom stereocenters. The van der Waals surface area contributed by atoms with Crippen LogP contribution in [0.2, 0.25) is 0 Å². The number of nitrogens with zero attached hydrogens (tertiary/aromatic N) is 2. The number of hydrogen-bond donors (Lipinski definition) is 0. The van der Waals surface area contributed by atoms with E-state index in [1.807, 2.05) is 4.90 Å². The summed E-state index contributed by atoms with van der Waals surface area (Å²) < 4.78 is 13.1. The van der Waals surface area contributed by atoms with Crippen LogP contribution >= 0.6 is 0 Å². The molecule has 1 fully saturated rings. The Morgan fingerprint density at radius 1 is 1.17 bits per heavy atom. The van der Waals surface area contributed by atoms with Crippen molar-refractivity contribution in [3.05, 3.63) is 71.0 Å². The quantitative estimate of drug-likeness (QED) is 0.839. The zero-order valence-electron chi connectivity index (χ0n) is 12.7. The highest BCUT2D eigenvalue weighted by Crippen LogP contribution is 2.32. The minimum Gasteiger partial charge on any atom is -0.332 e. The van der Waals surface area contributed by atoms with Crippen LogP contribution < -0.4 is 0 Å². The van der Waals surface area contributed by atoms with Crippen molar-refractivity contribution >= 4 is 5.91 Å². The zero-order chi connectivity index (χ0) is 16.2. The first-order chi connectivity index (χ1) is 11.2. The average molecular weight is 308 g/mol. The molecule has 0 aromatic heterocycles. The summed E-state index contributed by atoms with van der Waals surface area (Å²) in [5.41, 5.74) is 1.96. The molecule has 1 heterocycles. The number of piperidine rings is 1. The topological polar surface area (TPSA) is 44.1 Å². The monoisotopic (exact) mass is 308 g/mol. The molecule has 1 amide bonds. The van der Waals surface area contributed by atoms with Crippen molar-refractivity contribution in [3.63, 3.8) is 0 Å². The molecule has 2 aromatic rings. The van der Waals surface area contributed by atoms with Crippen LogP contribution in [-0.4, -0.2) is 17.4 Å². The second-order valence-corrected chi connectivity index (χ2v) is 5.75. The van der Waals surface area contributed by atoms with Crippen LogP contribution in [0.15, 0.2) is 48.5 Å². The van der Waals surface area contributed by atoms with Crippen LogP contribution in [0, 0.1) is 17.1 Å². The van der Waals surface area contributed by atoms with Gasteiger partial charge in [-0.15, -0.1) is 0 Å². The molecule has 0 N–H and O–H groups in total. The van der Waals surface area contributed by atoms with E-state index in [1.165, 1.54) is 12.1 Å². The molecule has 0 saturated carbocycles. The molecule has 1 atom stereocenters. The number of halogens is 1. The highest BCUT2D eigenvalue weighted by atomic mass is 19.1. The summed E-state index contributed by atoms with van der Waals surface area (Å²) >= 11 is 0. The van der Waals surface area contributed by atoms with Gasteiger partial charge >= 0.3 is 0 Å². The molecule has 2 aromatic carbocycles. The number of amides is 1. The fraction of sp³-hybridized carbons (Fsp3) is 0.263.